The van der Waals surface area contributed by atoms with E-state index in [1.54, 1.807) is 6.20 Å². The lowest BCUT2D eigenvalue weighted by Crippen LogP contribution is -2.34. The maximum Gasteiger partial charge on any atom is 0.269 e. The van der Waals surface area contributed by atoms with Gasteiger partial charge in [-0.25, -0.2) is 0 Å². The van der Waals surface area contributed by atoms with E-state index in [9.17, 15) is 4.79 Å². The summed E-state index contributed by atoms with van der Waals surface area (Å²) < 4.78 is 0. The summed E-state index contributed by atoms with van der Waals surface area (Å²) in [6.07, 6.45) is 4.94. The van der Waals surface area contributed by atoms with Crippen LogP contribution in [0.5, 0.6) is 0 Å². The van der Waals surface area contributed by atoms with Gasteiger partial charge in [-0.3, -0.25) is 9.78 Å². The molecule has 1 atom stereocenters. The number of hydrogen-bond donors (Lipinski definition) is 1. The smallest absolute Gasteiger partial charge is 0.269 e. The zero-order valence-electron chi connectivity index (χ0n) is 14.5. The Morgan fingerprint density at radius 2 is 2.24 bits per heavy atom. The van der Waals surface area contributed by atoms with Crippen molar-refractivity contribution in [2.75, 3.05) is 24.5 Å². The first-order chi connectivity index (χ1) is 12.1. The third kappa shape index (κ3) is 4.95. The molecule has 1 aromatic heterocycles. The number of nitrogens with zero attached hydrogens (tertiary/aromatic N) is 2. The van der Waals surface area contributed by atoms with Gasteiger partial charge in [-0.15, -0.1) is 0 Å². The topological polar surface area (TPSA) is 45.2 Å². The van der Waals surface area contributed by atoms with Crippen molar-refractivity contribution in [2.45, 2.75) is 26.2 Å². The monoisotopic (exact) mass is 357 g/mol. The van der Waals surface area contributed by atoms with Crippen molar-refractivity contribution in [3.05, 3.63) is 58.9 Å². The lowest BCUT2D eigenvalue weighted by atomic mass is 10.00. The number of rotatable bonds is 5. The number of anilines is 1. The molecule has 0 spiro atoms. The quantitative estimate of drug-likeness (QED) is 0.881. The predicted molar refractivity (Wildman–Crippen MR) is 102 cm³/mol. The van der Waals surface area contributed by atoms with Gasteiger partial charge in [0.05, 0.1) is 0 Å². The Morgan fingerprint density at radius 3 is 3.04 bits per heavy atom. The molecule has 1 unspecified atom stereocenters. The minimum absolute atomic E-state index is 0.131. The van der Waals surface area contributed by atoms with Crippen LogP contribution >= 0.6 is 11.6 Å². The first kappa shape index (κ1) is 17.7. The minimum Gasteiger partial charge on any atom is -0.371 e. The molecule has 25 heavy (non-hydrogen) atoms. The van der Waals surface area contributed by atoms with Crippen LogP contribution in [-0.2, 0) is 6.42 Å². The number of benzene rings is 1. The molecule has 5 heteroatoms. The Bertz CT molecular complexity index is 734. The minimum atomic E-state index is -0.131. The van der Waals surface area contributed by atoms with E-state index in [1.807, 2.05) is 36.4 Å². The molecule has 0 radical (unpaired) electrons. The van der Waals surface area contributed by atoms with Crippen molar-refractivity contribution in [1.29, 1.82) is 0 Å². The van der Waals surface area contributed by atoms with Gasteiger partial charge in [0, 0.05) is 36.5 Å². The summed E-state index contributed by atoms with van der Waals surface area (Å²) in [6, 6.07) is 11.6. The van der Waals surface area contributed by atoms with Crippen LogP contribution in [0.15, 0.2) is 42.6 Å². The fourth-order valence-electron chi connectivity index (χ4n) is 3.27. The third-order valence-corrected chi connectivity index (χ3v) is 4.82. The van der Waals surface area contributed by atoms with Crippen molar-refractivity contribution in [1.82, 2.24) is 10.3 Å². The van der Waals surface area contributed by atoms with Gasteiger partial charge in [0.25, 0.3) is 5.91 Å². The number of nitrogens with one attached hydrogen (secondary N) is 1. The number of carbonyl (C=O) groups excluding carboxylic acids is 1. The number of piperidine rings is 1. The predicted octanol–water partition coefficient (Wildman–Crippen LogP) is 3.94. The van der Waals surface area contributed by atoms with Gasteiger partial charge >= 0.3 is 0 Å². The van der Waals surface area contributed by atoms with E-state index in [1.165, 1.54) is 12.8 Å². The molecule has 2 aromatic rings. The highest BCUT2D eigenvalue weighted by Gasteiger charge is 2.18. The molecule has 1 aliphatic heterocycles. The molecular formula is C20H24ClN3O. The summed E-state index contributed by atoms with van der Waals surface area (Å²) in [5.74, 6) is 0.561. The van der Waals surface area contributed by atoms with Crippen molar-refractivity contribution >= 4 is 23.2 Å². The lowest BCUT2D eigenvalue weighted by Gasteiger charge is -2.32. The van der Waals surface area contributed by atoms with Gasteiger partial charge < -0.3 is 10.2 Å². The van der Waals surface area contributed by atoms with Crippen LogP contribution in [0.25, 0.3) is 0 Å². The fraction of sp³-hybridized carbons (Fsp3) is 0.400. The second-order valence-corrected chi connectivity index (χ2v) is 7.16. The first-order valence-corrected chi connectivity index (χ1v) is 9.23. The van der Waals surface area contributed by atoms with Crippen LogP contribution in [0.3, 0.4) is 0 Å². The number of halogens is 1. The molecule has 1 N–H and O–H groups in total. The second-order valence-electron chi connectivity index (χ2n) is 6.73. The number of pyridine rings is 1. The van der Waals surface area contributed by atoms with Gasteiger partial charge in [-0.2, -0.15) is 0 Å². The van der Waals surface area contributed by atoms with E-state index < -0.39 is 0 Å². The highest BCUT2D eigenvalue weighted by Crippen LogP contribution is 2.23. The van der Waals surface area contributed by atoms with E-state index in [4.69, 9.17) is 11.6 Å². The highest BCUT2D eigenvalue weighted by atomic mass is 35.5. The summed E-state index contributed by atoms with van der Waals surface area (Å²) in [7, 11) is 0. The van der Waals surface area contributed by atoms with Crippen molar-refractivity contribution in [3.8, 4) is 0 Å². The highest BCUT2D eigenvalue weighted by molar-refractivity contribution is 6.30. The summed E-state index contributed by atoms with van der Waals surface area (Å²) in [4.78, 5) is 19.0. The average Bonchev–Trinajstić information content (AvgIpc) is 2.62. The zero-order valence-corrected chi connectivity index (χ0v) is 15.3. The molecular weight excluding hydrogens is 334 g/mol. The Labute approximate surface area is 154 Å². The molecule has 0 aliphatic carbocycles. The van der Waals surface area contributed by atoms with E-state index in [0.717, 1.165) is 30.8 Å². The summed E-state index contributed by atoms with van der Waals surface area (Å²) in [6.45, 7) is 4.92. The number of hydrogen-bond acceptors (Lipinski definition) is 3. The molecule has 4 nitrogen and oxygen atoms in total. The zero-order chi connectivity index (χ0) is 17.6. The molecule has 1 aliphatic rings. The first-order valence-electron chi connectivity index (χ1n) is 8.85. The summed E-state index contributed by atoms with van der Waals surface area (Å²) in [5.41, 5.74) is 2.67. The molecule has 1 saturated heterocycles. The van der Waals surface area contributed by atoms with E-state index in [0.29, 0.717) is 23.2 Å². The second kappa shape index (κ2) is 8.34. The number of amides is 1. The molecule has 132 valence electrons. The van der Waals surface area contributed by atoms with E-state index in [2.05, 4.69) is 22.1 Å². The third-order valence-electron chi connectivity index (χ3n) is 4.59. The molecule has 2 heterocycles. The SMILES string of the molecule is CC1CCCN(c2ccnc(C(=O)NCCc3cccc(Cl)c3)c2)C1. The van der Waals surface area contributed by atoms with Crippen LogP contribution < -0.4 is 10.2 Å². The Kier molecular flexibility index (Phi) is 5.92. The number of aromatic nitrogens is 1. The van der Waals surface area contributed by atoms with Gasteiger partial charge in [-0.05, 0) is 55.0 Å². The summed E-state index contributed by atoms with van der Waals surface area (Å²) >= 11 is 5.98. The van der Waals surface area contributed by atoms with Crippen molar-refractivity contribution in [3.63, 3.8) is 0 Å². The van der Waals surface area contributed by atoms with Crippen LogP contribution in [-0.4, -0.2) is 30.5 Å². The molecule has 1 fully saturated rings. The average molecular weight is 358 g/mol. The Hall–Kier alpha value is -2.07. The molecule has 0 bridgehead atoms. The molecule has 0 saturated carbocycles. The van der Waals surface area contributed by atoms with E-state index in [-0.39, 0.29) is 5.91 Å². The van der Waals surface area contributed by atoms with Crippen LogP contribution in [0, 0.1) is 5.92 Å². The van der Waals surface area contributed by atoms with E-state index >= 15 is 0 Å². The van der Waals surface area contributed by atoms with Gasteiger partial charge in [0.15, 0.2) is 0 Å². The fourth-order valence-corrected chi connectivity index (χ4v) is 3.48. The van der Waals surface area contributed by atoms with Crippen molar-refractivity contribution in [2.24, 2.45) is 5.92 Å². The van der Waals surface area contributed by atoms with Gasteiger partial charge in [-0.1, -0.05) is 30.7 Å². The van der Waals surface area contributed by atoms with Crippen LogP contribution in [0.1, 0.15) is 35.8 Å². The standard InChI is InChI=1S/C20H24ClN3O/c1-15-4-3-11-24(14-15)18-8-10-22-19(13-18)20(25)23-9-7-16-5-2-6-17(21)12-16/h2,5-6,8,10,12-13,15H,3-4,7,9,11,14H2,1H3,(H,23,25). The normalized spacial score (nSPS) is 17.4. The van der Waals surface area contributed by atoms with Crippen LogP contribution in [0.2, 0.25) is 5.02 Å². The maximum atomic E-state index is 12.4. The molecule has 1 aromatic carbocycles. The largest absolute Gasteiger partial charge is 0.371 e. The molecule has 1 amide bonds. The maximum absolute atomic E-state index is 12.4. The Balaban J connectivity index is 1.57. The van der Waals surface area contributed by atoms with Crippen LogP contribution in [0.4, 0.5) is 5.69 Å². The Morgan fingerprint density at radius 1 is 1.36 bits per heavy atom. The number of carbonyl (C=O) groups is 1. The lowest BCUT2D eigenvalue weighted by molar-refractivity contribution is 0.0949. The molecule has 3 rings (SSSR count). The summed E-state index contributed by atoms with van der Waals surface area (Å²) in [5, 5.41) is 3.66. The van der Waals surface area contributed by atoms with Gasteiger partial charge in [0.1, 0.15) is 5.69 Å². The van der Waals surface area contributed by atoms with Crippen molar-refractivity contribution < 1.29 is 4.79 Å². The van der Waals surface area contributed by atoms with Gasteiger partial charge in [0.2, 0.25) is 0 Å².